The molecule has 1 aliphatic rings. The first kappa shape index (κ1) is 9.45. The van der Waals surface area contributed by atoms with Gasteiger partial charge < -0.3 is 0 Å². The Bertz CT molecular complexity index is 339. The molecule has 74 valence electrons. The summed E-state index contributed by atoms with van der Waals surface area (Å²) in [5.74, 6) is 0. The summed E-state index contributed by atoms with van der Waals surface area (Å²) >= 11 is 0. The maximum Gasteiger partial charge on any atom is 0.208 e. The van der Waals surface area contributed by atoms with Crippen LogP contribution in [0, 0.1) is 0 Å². The first-order valence-electron chi connectivity index (χ1n) is 5.59. The molecule has 0 fully saturated rings. The molecule has 0 bridgehead atoms. The lowest BCUT2D eigenvalue weighted by atomic mass is 10.1. The van der Waals surface area contributed by atoms with E-state index < -0.39 is 0 Å². The van der Waals surface area contributed by atoms with Crippen LogP contribution in [0.2, 0.25) is 0 Å². The predicted molar refractivity (Wildman–Crippen MR) is 60.5 cm³/mol. The molecule has 0 saturated carbocycles. The Kier molecular flexibility index (Phi) is 2.97. The Labute approximate surface area is 86.1 Å². The van der Waals surface area contributed by atoms with Gasteiger partial charge in [0.1, 0.15) is 12.8 Å². The minimum atomic E-state index is 1.11. The maximum atomic E-state index is 2.41. The lowest BCUT2D eigenvalue weighted by Gasteiger charge is -1.99. The Balaban J connectivity index is 2.02. The van der Waals surface area contributed by atoms with E-state index in [1.807, 2.05) is 0 Å². The van der Waals surface area contributed by atoms with E-state index in [-0.39, 0.29) is 0 Å². The molecule has 0 spiro atoms. The van der Waals surface area contributed by atoms with Crippen molar-refractivity contribution in [2.75, 3.05) is 6.54 Å². The van der Waals surface area contributed by atoms with Gasteiger partial charge in [0, 0.05) is 18.1 Å². The van der Waals surface area contributed by atoms with Crippen molar-refractivity contribution in [3.63, 3.8) is 0 Å². The van der Waals surface area contributed by atoms with Crippen molar-refractivity contribution in [1.29, 1.82) is 0 Å². The molecule has 1 aromatic rings. The fourth-order valence-corrected chi connectivity index (χ4v) is 2.01. The Hall–Kier alpha value is -1.11. The summed E-state index contributed by atoms with van der Waals surface area (Å²) < 4.78 is 2.41. The summed E-state index contributed by atoms with van der Waals surface area (Å²) in [7, 11) is 0. The normalized spacial score (nSPS) is 13.9. The van der Waals surface area contributed by atoms with Crippen LogP contribution in [0.15, 0.2) is 24.3 Å². The van der Waals surface area contributed by atoms with Crippen LogP contribution in [-0.2, 0) is 6.42 Å². The summed E-state index contributed by atoms with van der Waals surface area (Å²) in [6, 6.07) is 8.71. The molecule has 14 heavy (non-hydrogen) atoms. The van der Waals surface area contributed by atoms with Gasteiger partial charge in [-0.05, 0) is 6.42 Å². The highest BCUT2D eigenvalue weighted by atomic mass is 15.0. The number of unbranched alkanes of at least 4 members (excludes halogenated alkanes) is 2. The molecule has 0 amide bonds. The number of nitrogens with zero attached hydrogens (tertiary/aromatic N) is 1. The first-order valence-corrected chi connectivity index (χ1v) is 5.59. The van der Waals surface area contributed by atoms with Crippen molar-refractivity contribution in [1.82, 2.24) is 0 Å². The molecule has 1 heterocycles. The Morgan fingerprint density at radius 2 is 2.07 bits per heavy atom. The van der Waals surface area contributed by atoms with E-state index in [1.54, 1.807) is 0 Å². The van der Waals surface area contributed by atoms with E-state index in [2.05, 4.69) is 42.0 Å². The largest absolute Gasteiger partial charge is 0.208 e. The lowest BCUT2D eigenvalue weighted by molar-refractivity contribution is -0.433. The molecule has 1 nitrogen and oxygen atoms in total. The van der Waals surface area contributed by atoms with Crippen molar-refractivity contribution in [2.45, 2.75) is 32.6 Å². The molecular formula is C13H18N+. The number of hydrogen-bond donors (Lipinski definition) is 0. The third kappa shape index (κ3) is 1.87. The van der Waals surface area contributed by atoms with E-state index >= 15 is 0 Å². The third-order valence-corrected chi connectivity index (χ3v) is 2.84. The van der Waals surface area contributed by atoms with Crippen LogP contribution in [0.3, 0.4) is 0 Å². The maximum absolute atomic E-state index is 2.41. The third-order valence-electron chi connectivity index (χ3n) is 2.84. The van der Waals surface area contributed by atoms with Gasteiger partial charge in [-0.15, -0.1) is 0 Å². The van der Waals surface area contributed by atoms with E-state index in [0.717, 1.165) is 6.42 Å². The summed E-state index contributed by atoms with van der Waals surface area (Å²) in [6.45, 7) is 3.44. The summed E-state index contributed by atoms with van der Waals surface area (Å²) in [5, 5.41) is 0. The van der Waals surface area contributed by atoms with E-state index in [0.29, 0.717) is 0 Å². The molecule has 0 atom stereocenters. The molecule has 0 saturated heterocycles. The van der Waals surface area contributed by atoms with Crippen molar-refractivity contribution >= 4 is 11.9 Å². The fourth-order valence-electron chi connectivity index (χ4n) is 2.01. The number of fused-ring (bicyclic) bond motifs is 1. The van der Waals surface area contributed by atoms with Crippen molar-refractivity contribution in [2.24, 2.45) is 0 Å². The Morgan fingerprint density at radius 1 is 1.21 bits per heavy atom. The van der Waals surface area contributed by atoms with Gasteiger partial charge in [0.05, 0.1) is 6.42 Å². The number of hydrogen-bond acceptors (Lipinski definition) is 0. The quantitative estimate of drug-likeness (QED) is 0.504. The SMILES string of the molecule is CCCCC[N+]1=CCc2ccccc21. The van der Waals surface area contributed by atoms with Gasteiger partial charge in [-0.1, -0.05) is 31.5 Å². The van der Waals surface area contributed by atoms with Gasteiger partial charge in [0.25, 0.3) is 0 Å². The average molecular weight is 188 g/mol. The highest BCUT2D eigenvalue weighted by Crippen LogP contribution is 2.23. The van der Waals surface area contributed by atoms with Crippen LogP contribution < -0.4 is 0 Å². The van der Waals surface area contributed by atoms with Crippen molar-refractivity contribution in [3.05, 3.63) is 29.8 Å². The highest BCUT2D eigenvalue weighted by molar-refractivity contribution is 5.66. The van der Waals surface area contributed by atoms with Gasteiger partial charge in [0.15, 0.2) is 0 Å². The number of rotatable bonds is 4. The second-order valence-electron chi connectivity index (χ2n) is 3.92. The molecule has 0 radical (unpaired) electrons. The molecule has 1 aliphatic heterocycles. The van der Waals surface area contributed by atoms with Gasteiger partial charge in [-0.25, -0.2) is 4.58 Å². The van der Waals surface area contributed by atoms with Crippen LogP contribution >= 0.6 is 0 Å². The highest BCUT2D eigenvalue weighted by Gasteiger charge is 2.19. The zero-order chi connectivity index (χ0) is 9.80. The summed E-state index contributed by atoms with van der Waals surface area (Å²) in [5.41, 5.74) is 2.90. The van der Waals surface area contributed by atoms with E-state index in [4.69, 9.17) is 0 Å². The van der Waals surface area contributed by atoms with E-state index in [9.17, 15) is 0 Å². The van der Waals surface area contributed by atoms with Crippen LogP contribution in [-0.4, -0.2) is 17.3 Å². The summed E-state index contributed by atoms with van der Waals surface area (Å²) in [4.78, 5) is 0. The second kappa shape index (κ2) is 4.41. The molecular weight excluding hydrogens is 170 g/mol. The molecule has 0 N–H and O–H groups in total. The van der Waals surface area contributed by atoms with Gasteiger partial charge in [-0.2, -0.15) is 0 Å². The zero-order valence-corrected chi connectivity index (χ0v) is 8.87. The second-order valence-corrected chi connectivity index (χ2v) is 3.92. The van der Waals surface area contributed by atoms with Crippen molar-refractivity contribution in [3.8, 4) is 0 Å². The number of para-hydroxylation sites is 1. The van der Waals surface area contributed by atoms with Crippen LogP contribution in [0.4, 0.5) is 5.69 Å². The smallest absolute Gasteiger partial charge is 0.202 e. The van der Waals surface area contributed by atoms with Gasteiger partial charge in [0.2, 0.25) is 5.69 Å². The lowest BCUT2D eigenvalue weighted by Crippen LogP contribution is -2.04. The molecule has 1 aromatic carbocycles. The topological polar surface area (TPSA) is 3.01 Å². The monoisotopic (exact) mass is 188 g/mol. The molecule has 0 unspecified atom stereocenters. The first-order chi connectivity index (χ1) is 6.92. The van der Waals surface area contributed by atoms with Crippen LogP contribution in [0.25, 0.3) is 0 Å². The zero-order valence-electron chi connectivity index (χ0n) is 8.87. The molecule has 2 rings (SSSR count). The van der Waals surface area contributed by atoms with Crippen molar-refractivity contribution < 1.29 is 4.58 Å². The molecule has 0 aromatic heterocycles. The average Bonchev–Trinajstić information content (AvgIpc) is 2.63. The molecule has 0 aliphatic carbocycles. The van der Waals surface area contributed by atoms with E-state index in [1.165, 1.54) is 37.1 Å². The predicted octanol–water partition coefficient (Wildman–Crippen LogP) is 3.15. The fraction of sp³-hybridized carbons (Fsp3) is 0.462. The van der Waals surface area contributed by atoms with Crippen LogP contribution in [0.1, 0.15) is 31.7 Å². The number of benzene rings is 1. The molecule has 1 heteroatoms. The summed E-state index contributed by atoms with van der Waals surface area (Å²) in [6.07, 6.45) is 7.38. The van der Waals surface area contributed by atoms with Gasteiger partial charge in [-0.3, -0.25) is 0 Å². The van der Waals surface area contributed by atoms with Crippen LogP contribution in [0.5, 0.6) is 0 Å². The standard InChI is InChI=1S/C13H18N/c1-2-3-6-10-14-11-9-12-7-4-5-8-13(12)14/h4-5,7-8,11H,2-3,6,9-10H2,1H3/q+1. The minimum absolute atomic E-state index is 1.11. The minimum Gasteiger partial charge on any atom is -0.202 e. The Morgan fingerprint density at radius 3 is 2.93 bits per heavy atom. The van der Waals surface area contributed by atoms with Gasteiger partial charge >= 0.3 is 0 Å².